The second-order valence-electron chi connectivity index (χ2n) is 4.90. The molecule has 21 heavy (non-hydrogen) atoms. The largest absolute Gasteiger partial charge is 0.481 e. The van der Waals surface area contributed by atoms with Crippen LogP contribution in [-0.2, 0) is 4.79 Å². The van der Waals surface area contributed by atoms with Crippen molar-refractivity contribution in [3.05, 3.63) is 71.3 Å². The van der Waals surface area contributed by atoms with Crippen LogP contribution in [0.1, 0.15) is 33.9 Å². The Labute approximate surface area is 123 Å². The Hall–Kier alpha value is -2.62. The maximum absolute atomic E-state index is 12.2. The van der Waals surface area contributed by atoms with Crippen molar-refractivity contribution in [1.29, 1.82) is 0 Å². The van der Waals surface area contributed by atoms with Gasteiger partial charge in [-0.1, -0.05) is 48.0 Å². The van der Waals surface area contributed by atoms with Crippen LogP contribution >= 0.6 is 0 Å². The Kier molecular flexibility index (Phi) is 4.72. The summed E-state index contributed by atoms with van der Waals surface area (Å²) >= 11 is 0. The third-order valence-electron chi connectivity index (χ3n) is 3.20. The first-order valence-corrected chi connectivity index (χ1v) is 6.70. The van der Waals surface area contributed by atoms with Gasteiger partial charge in [0.25, 0.3) is 5.91 Å². The van der Waals surface area contributed by atoms with Crippen LogP contribution in [0.2, 0.25) is 0 Å². The fourth-order valence-corrected chi connectivity index (χ4v) is 2.06. The van der Waals surface area contributed by atoms with Crippen molar-refractivity contribution in [2.75, 3.05) is 0 Å². The third-order valence-corrected chi connectivity index (χ3v) is 3.20. The molecule has 1 unspecified atom stereocenters. The van der Waals surface area contributed by atoms with Gasteiger partial charge in [-0.05, 0) is 24.6 Å². The molecule has 4 heteroatoms. The van der Waals surface area contributed by atoms with Crippen molar-refractivity contribution in [3.8, 4) is 0 Å². The minimum atomic E-state index is -0.951. The molecule has 0 aliphatic rings. The number of aliphatic carboxylic acids is 1. The predicted octanol–water partition coefficient (Wildman–Crippen LogP) is 2.94. The summed E-state index contributed by atoms with van der Waals surface area (Å²) in [5.74, 6) is -1.22. The molecule has 0 aliphatic carbocycles. The molecule has 0 aliphatic heterocycles. The highest BCUT2D eigenvalue weighted by atomic mass is 16.4. The summed E-state index contributed by atoms with van der Waals surface area (Å²) in [7, 11) is 0. The SMILES string of the molecule is Cc1ccc(C(=O)NC(CC(=O)O)c2ccccc2)cc1. The lowest BCUT2D eigenvalue weighted by molar-refractivity contribution is -0.137. The van der Waals surface area contributed by atoms with Gasteiger partial charge in [-0.15, -0.1) is 0 Å². The van der Waals surface area contributed by atoms with Gasteiger partial charge in [0, 0.05) is 5.56 Å². The van der Waals surface area contributed by atoms with Crippen LogP contribution < -0.4 is 5.32 Å². The number of benzene rings is 2. The molecular formula is C17H17NO3. The van der Waals surface area contributed by atoms with Crippen LogP contribution in [0.25, 0.3) is 0 Å². The van der Waals surface area contributed by atoms with Gasteiger partial charge in [0.2, 0.25) is 0 Å². The molecule has 1 amide bonds. The van der Waals surface area contributed by atoms with Gasteiger partial charge in [0.05, 0.1) is 12.5 Å². The first-order chi connectivity index (χ1) is 10.1. The first-order valence-electron chi connectivity index (χ1n) is 6.70. The molecule has 2 N–H and O–H groups in total. The average Bonchev–Trinajstić information content (AvgIpc) is 2.47. The van der Waals surface area contributed by atoms with Crippen molar-refractivity contribution in [3.63, 3.8) is 0 Å². The maximum Gasteiger partial charge on any atom is 0.305 e. The number of rotatable bonds is 5. The summed E-state index contributed by atoms with van der Waals surface area (Å²) in [5, 5.41) is 11.8. The summed E-state index contributed by atoms with van der Waals surface area (Å²) in [5.41, 5.74) is 2.36. The molecule has 0 bridgehead atoms. The van der Waals surface area contributed by atoms with Crippen LogP contribution in [0.3, 0.4) is 0 Å². The van der Waals surface area contributed by atoms with Crippen LogP contribution in [0.15, 0.2) is 54.6 Å². The number of carboxylic acid groups (broad SMARTS) is 1. The second-order valence-corrected chi connectivity index (χ2v) is 4.90. The zero-order valence-corrected chi connectivity index (χ0v) is 11.7. The zero-order chi connectivity index (χ0) is 15.2. The number of carbonyl (C=O) groups excluding carboxylic acids is 1. The van der Waals surface area contributed by atoms with Crippen molar-refractivity contribution < 1.29 is 14.7 Å². The molecule has 2 aromatic carbocycles. The Morgan fingerprint density at radius 1 is 1.05 bits per heavy atom. The molecule has 1 atom stereocenters. The Balaban J connectivity index is 2.17. The van der Waals surface area contributed by atoms with Gasteiger partial charge in [0.15, 0.2) is 0 Å². The molecule has 0 spiro atoms. The highest BCUT2D eigenvalue weighted by molar-refractivity contribution is 5.94. The Morgan fingerprint density at radius 2 is 1.67 bits per heavy atom. The maximum atomic E-state index is 12.2. The summed E-state index contributed by atoms with van der Waals surface area (Å²) in [4.78, 5) is 23.2. The topological polar surface area (TPSA) is 66.4 Å². The van der Waals surface area contributed by atoms with Gasteiger partial charge in [0.1, 0.15) is 0 Å². The highest BCUT2D eigenvalue weighted by Crippen LogP contribution is 2.17. The highest BCUT2D eigenvalue weighted by Gasteiger charge is 2.18. The van der Waals surface area contributed by atoms with E-state index in [4.69, 9.17) is 5.11 Å². The average molecular weight is 283 g/mol. The molecule has 2 aromatic rings. The fraction of sp³-hybridized carbons (Fsp3) is 0.176. The summed E-state index contributed by atoms with van der Waals surface area (Å²) in [6, 6.07) is 15.7. The van der Waals surface area contributed by atoms with Crippen molar-refractivity contribution in [2.45, 2.75) is 19.4 Å². The van der Waals surface area contributed by atoms with E-state index in [1.165, 1.54) is 0 Å². The second kappa shape index (κ2) is 6.70. The number of nitrogens with one attached hydrogen (secondary N) is 1. The number of amides is 1. The van der Waals surface area contributed by atoms with Crippen molar-refractivity contribution >= 4 is 11.9 Å². The number of hydrogen-bond donors (Lipinski definition) is 2. The summed E-state index contributed by atoms with van der Waals surface area (Å²) < 4.78 is 0. The predicted molar refractivity (Wildman–Crippen MR) is 80.1 cm³/mol. The minimum Gasteiger partial charge on any atom is -0.481 e. The summed E-state index contributed by atoms with van der Waals surface area (Å²) in [6.45, 7) is 1.94. The van der Waals surface area contributed by atoms with Crippen LogP contribution in [0, 0.1) is 6.92 Å². The minimum absolute atomic E-state index is 0.151. The van der Waals surface area contributed by atoms with Gasteiger partial charge in [-0.25, -0.2) is 0 Å². The molecule has 4 nitrogen and oxygen atoms in total. The smallest absolute Gasteiger partial charge is 0.305 e. The molecule has 0 saturated carbocycles. The standard InChI is InChI=1S/C17H17NO3/c1-12-7-9-14(10-8-12)17(21)18-15(11-16(19)20)13-5-3-2-4-6-13/h2-10,15H,11H2,1H3,(H,18,21)(H,19,20). The van der Waals surface area contributed by atoms with Gasteiger partial charge < -0.3 is 10.4 Å². The van der Waals surface area contributed by atoms with Crippen LogP contribution in [0.4, 0.5) is 0 Å². The van der Waals surface area contributed by atoms with Gasteiger partial charge >= 0.3 is 5.97 Å². The van der Waals surface area contributed by atoms with E-state index in [1.807, 2.05) is 49.4 Å². The Morgan fingerprint density at radius 3 is 2.24 bits per heavy atom. The quantitative estimate of drug-likeness (QED) is 0.886. The molecular weight excluding hydrogens is 266 g/mol. The van der Waals surface area contributed by atoms with Crippen molar-refractivity contribution in [1.82, 2.24) is 5.32 Å². The summed E-state index contributed by atoms with van der Waals surface area (Å²) in [6.07, 6.45) is -0.151. The van der Waals surface area contributed by atoms with E-state index < -0.39 is 12.0 Å². The first kappa shape index (κ1) is 14.8. The number of carbonyl (C=O) groups is 2. The molecule has 108 valence electrons. The van der Waals surface area contributed by atoms with Gasteiger partial charge in [-0.3, -0.25) is 9.59 Å². The number of carboxylic acids is 1. The van der Waals surface area contributed by atoms with Crippen LogP contribution in [-0.4, -0.2) is 17.0 Å². The number of aryl methyl sites for hydroxylation is 1. The van der Waals surface area contributed by atoms with E-state index in [0.717, 1.165) is 11.1 Å². The molecule has 0 radical (unpaired) electrons. The lowest BCUT2D eigenvalue weighted by atomic mass is 10.0. The van der Waals surface area contributed by atoms with E-state index in [2.05, 4.69) is 5.32 Å². The monoisotopic (exact) mass is 283 g/mol. The van der Waals surface area contributed by atoms with E-state index in [9.17, 15) is 9.59 Å². The molecule has 0 fully saturated rings. The molecule has 0 heterocycles. The normalized spacial score (nSPS) is 11.7. The van der Waals surface area contributed by atoms with Crippen molar-refractivity contribution in [2.24, 2.45) is 0 Å². The third kappa shape index (κ3) is 4.18. The lowest BCUT2D eigenvalue weighted by Gasteiger charge is -2.17. The molecule has 0 aromatic heterocycles. The fourth-order valence-electron chi connectivity index (χ4n) is 2.06. The van der Waals surface area contributed by atoms with Gasteiger partial charge in [-0.2, -0.15) is 0 Å². The molecule has 0 saturated heterocycles. The van der Waals surface area contributed by atoms with E-state index in [1.54, 1.807) is 12.1 Å². The number of hydrogen-bond acceptors (Lipinski definition) is 2. The van der Waals surface area contributed by atoms with E-state index in [-0.39, 0.29) is 12.3 Å². The van der Waals surface area contributed by atoms with Crippen LogP contribution in [0.5, 0.6) is 0 Å². The zero-order valence-electron chi connectivity index (χ0n) is 11.7. The Bertz CT molecular complexity index is 620. The van der Waals surface area contributed by atoms with E-state index >= 15 is 0 Å². The molecule has 2 rings (SSSR count). The van der Waals surface area contributed by atoms with E-state index in [0.29, 0.717) is 5.56 Å². The lowest BCUT2D eigenvalue weighted by Crippen LogP contribution is -2.30.